The number of esters is 2. The molecule has 0 fully saturated rings. The molecule has 0 saturated heterocycles. The molecule has 2 rings (SSSR count). The number of ether oxygens (including phenoxy) is 3. The number of para-hydroxylation sites is 1. The third-order valence-corrected chi connectivity index (χ3v) is 5.18. The molecule has 32 heavy (non-hydrogen) atoms. The minimum atomic E-state index is -4.27. The summed E-state index contributed by atoms with van der Waals surface area (Å²) >= 11 is 0. The van der Waals surface area contributed by atoms with Crippen LogP contribution >= 0.6 is 0 Å². The first-order valence-electron chi connectivity index (χ1n) is 10.2. The first kappa shape index (κ1) is 25.2. The predicted molar refractivity (Wildman–Crippen MR) is 119 cm³/mol. The normalized spacial score (nSPS) is 12.0. The van der Waals surface area contributed by atoms with Gasteiger partial charge in [0.2, 0.25) is 16.3 Å². The van der Waals surface area contributed by atoms with Crippen LogP contribution in [0.4, 0.5) is 5.69 Å². The fraction of sp³-hybridized carbons (Fsp3) is 0.364. The van der Waals surface area contributed by atoms with E-state index in [0.717, 1.165) is 18.9 Å². The summed E-state index contributed by atoms with van der Waals surface area (Å²) < 4.78 is 40.6. The number of carbonyl (C=O) groups excluding carboxylic acids is 2. The van der Waals surface area contributed by atoms with E-state index in [9.17, 15) is 18.0 Å². The molecule has 10 heteroatoms. The fourth-order valence-corrected chi connectivity index (χ4v) is 3.39. The second kappa shape index (κ2) is 11.5. The Balaban J connectivity index is 2.48. The van der Waals surface area contributed by atoms with Gasteiger partial charge in [-0.15, -0.1) is 0 Å². The van der Waals surface area contributed by atoms with Gasteiger partial charge in [0.15, 0.2) is 5.75 Å². The van der Waals surface area contributed by atoms with Crippen LogP contribution < -0.4 is 15.2 Å². The van der Waals surface area contributed by atoms with Crippen LogP contribution in [0.25, 0.3) is 0 Å². The van der Waals surface area contributed by atoms with Gasteiger partial charge in [0.25, 0.3) is 0 Å². The Bertz CT molecular complexity index is 1040. The lowest BCUT2D eigenvalue weighted by atomic mass is 10.1. The monoisotopic (exact) mass is 464 g/mol. The molecule has 0 amide bonds. The molecule has 1 atom stereocenters. The number of hydrogen-bond donors (Lipinski definition) is 2. The number of nitrogens with one attached hydrogen (secondary N) is 1. The number of hydrogen-bond acceptors (Lipinski definition) is 8. The number of anilines is 1. The third-order valence-electron chi connectivity index (χ3n) is 4.27. The second-order valence-corrected chi connectivity index (χ2v) is 8.44. The highest BCUT2D eigenvalue weighted by Gasteiger charge is 2.25. The maximum absolute atomic E-state index is 12.6. The Labute approximate surface area is 187 Å². The first-order valence-corrected chi connectivity index (χ1v) is 11.8. The van der Waals surface area contributed by atoms with Crippen LogP contribution in [-0.4, -0.2) is 33.2 Å². The van der Waals surface area contributed by atoms with Crippen molar-refractivity contribution in [3.05, 3.63) is 48.0 Å². The van der Waals surface area contributed by atoms with E-state index in [0.29, 0.717) is 12.3 Å². The summed E-state index contributed by atoms with van der Waals surface area (Å²) in [4.78, 5) is 23.7. The summed E-state index contributed by atoms with van der Waals surface area (Å²) in [6.45, 7) is 5.51. The molecule has 2 aromatic carbocycles. The van der Waals surface area contributed by atoms with E-state index in [-0.39, 0.29) is 28.3 Å². The van der Waals surface area contributed by atoms with Crippen LogP contribution in [0.5, 0.6) is 11.5 Å². The van der Waals surface area contributed by atoms with Gasteiger partial charge in [0.1, 0.15) is 10.6 Å². The lowest BCUT2D eigenvalue weighted by molar-refractivity contribution is -0.165. The van der Waals surface area contributed by atoms with E-state index in [1.54, 1.807) is 37.3 Å². The van der Waals surface area contributed by atoms with Crippen molar-refractivity contribution in [1.29, 1.82) is 0 Å². The molecule has 0 heterocycles. The van der Waals surface area contributed by atoms with E-state index >= 15 is 0 Å². The van der Waals surface area contributed by atoms with Gasteiger partial charge in [-0.3, -0.25) is 4.79 Å². The number of benzene rings is 2. The van der Waals surface area contributed by atoms with Crippen LogP contribution in [0, 0.1) is 0 Å². The third kappa shape index (κ3) is 7.24. The Morgan fingerprint density at radius 1 is 1.09 bits per heavy atom. The van der Waals surface area contributed by atoms with Crippen LogP contribution in [0.1, 0.15) is 50.4 Å². The van der Waals surface area contributed by atoms with Gasteiger partial charge in [-0.2, -0.15) is 0 Å². The molecule has 1 unspecified atom stereocenters. The highest BCUT2D eigenvalue weighted by Crippen LogP contribution is 2.37. The molecule has 0 aliphatic heterocycles. The predicted octanol–water partition coefficient (Wildman–Crippen LogP) is 3.79. The highest BCUT2D eigenvalue weighted by atomic mass is 32.2. The van der Waals surface area contributed by atoms with Gasteiger partial charge < -0.3 is 19.5 Å². The van der Waals surface area contributed by atoms with E-state index in [4.69, 9.17) is 19.3 Å². The first-order chi connectivity index (χ1) is 15.2. The highest BCUT2D eigenvalue weighted by molar-refractivity contribution is 7.89. The maximum Gasteiger partial charge on any atom is 0.341 e. The molecule has 0 radical (unpaired) electrons. The summed E-state index contributed by atoms with van der Waals surface area (Å²) in [5.74, 6) is -1.05. The molecule has 0 aliphatic rings. The van der Waals surface area contributed by atoms with Gasteiger partial charge in [-0.05, 0) is 30.7 Å². The zero-order valence-corrected chi connectivity index (χ0v) is 19.1. The van der Waals surface area contributed by atoms with E-state index < -0.39 is 28.3 Å². The molecule has 3 N–H and O–H groups in total. The summed E-state index contributed by atoms with van der Waals surface area (Å²) in [7, 11) is -4.27. The molecule has 0 aromatic heterocycles. The van der Waals surface area contributed by atoms with Gasteiger partial charge in [0.05, 0.1) is 11.3 Å². The molecule has 2 aromatic rings. The Morgan fingerprint density at radius 2 is 1.78 bits per heavy atom. The zero-order chi connectivity index (χ0) is 23.7. The number of nitrogens with two attached hydrogens (primary N) is 1. The molecular weight excluding hydrogens is 436 g/mol. The fourth-order valence-electron chi connectivity index (χ4n) is 2.69. The minimum absolute atomic E-state index is 0.0307. The smallest absolute Gasteiger partial charge is 0.341 e. The maximum atomic E-state index is 12.6. The molecule has 174 valence electrons. The van der Waals surface area contributed by atoms with Gasteiger partial charge in [0, 0.05) is 19.9 Å². The molecule has 0 spiro atoms. The number of carbonyl (C=O) groups is 2. The summed E-state index contributed by atoms with van der Waals surface area (Å²) in [5, 5.41) is 8.53. The minimum Gasteiger partial charge on any atom is -0.454 e. The number of sulfonamides is 1. The number of primary sulfonamides is 1. The van der Waals surface area contributed by atoms with E-state index in [2.05, 4.69) is 5.32 Å². The Hall–Kier alpha value is -3.11. The topological polar surface area (TPSA) is 134 Å². The Kier molecular flexibility index (Phi) is 9.03. The number of unbranched alkanes of at least 4 members (excludes halogenated alkanes) is 1. The molecule has 0 bridgehead atoms. The van der Waals surface area contributed by atoms with Crippen molar-refractivity contribution >= 4 is 27.6 Å². The largest absolute Gasteiger partial charge is 0.454 e. The summed E-state index contributed by atoms with van der Waals surface area (Å²) in [5.41, 5.74) is 0.173. The van der Waals surface area contributed by atoms with Crippen molar-refractivity contribution in [1.82, 2.24) is 0 Å². The van der Waals surface area contributed by atoms with Crippen molar-refractivity contribution in [2.45, 2.75) is 51.2 Å². The lowest BCUT2D eigenvalue weighted by Gasteiger charge is -2.18. The standard InChI is InChI=1S/C22H28N2O7S/c1-4-6-12-24-18-13-16(22(26)30-15(3)29-20(25)5-2)14-19(32(23,27)28)21(18)31-17-10-8-7-9-11-17/h7-11,13-15,24H,4-6,12H2,1-3H3,(H2,23,27,28). The van der Waals surface area contributed by atoms with Crippen molar-refractivity contribution in [3.63, 3.8) is 0 Å². The molecule has 0 saturated carbocycles. The Morgan fingerprint density at radius 3 is 2.38 bits per heavy atom. The van der Waals surface area contributed by atoms with Gasteiger partial charge in [-0.1, -0.05) is 38.5 Å². The average molecular weight is 465 g/mol. The molecular formula is C22H28N2O7S. The average Bonchev–Trinajstić information content (AvgIpc) is 2.74. The lowest BCUT2D eigenvalue weighted by Crippen LogP contribution is -2.22. The summed E-state index contributed by atoms with van der Waals surface area (Å²) in [6, 6.07) is 11.1. The van der Waals surface area contributed by atoms with Crippen molar-refractivity contribution in [3.8, 4) is 11.5 Å². The van der Waals surface area contributed by atoms with Crippen molar-refractivity contribution < 1.29 is 32.2 Å². The SMILES string of the molecule is CCCCNc1cc(C(=O)OC(C)OC(=O)CC)cc(S(N)(=O)=O)c1Oc1ccccc1. The summed E-state index contributed by atoms with van der Waals surface area (Å²) in [6.07, 6.45) is 0.666. The molecule has 9 nitrogen and oxygen atoms in total. The number of rotatable bonds is 11. The van der Waals surface area contributed by atoms with Crippen molar-refractivity contribution in [2.75, 3.05) is 11.9 Å². The van der Waals surface area contributed by atoms with E-state index in [1.807, 2.05) is 6.92 Å². The van der Waals surface area contributed by atoms with Crippen LogP contribution in [0.2, 0.25) is 0 Å². The van der Waals surface area contributed by atoms with Crippen LogP contribution in [0.3, 0.4) is 0 Å². The van der Waals surface area contributed by atoms with Gasteiger partial charge in [-0.25, -0.2) is 18.4 Å². The quantitative estimate of drug-likeness (QED) is 0.291. The second-order valence-electron chi connectivity index (χ2n) is 6.91. The molecule has 0 aliphatic carbocycles. The zero-order valence-electron chi connectivity index (χ0n) is 18.3. The van der Waals surface area contributed by atoms with Crippen LogP contribution in [-0.2, 0) is 24.3 Å². The van der Waals surface area contributed by atoms with Crippen molar-refractivity contribution in [2.24, 2.45) is 5.14 Å². The van der Waals surface area contributed by atoms with Gasteiger partial charge >= 0.3 is 11.9 Å². The van der Waals surface area contributed by atoms with E-state index in [1.165, 1.54) is 13.0 Å². The van der Waals surface area contributed by atoms with Crippen LogP contribution in [0.15, 0.2) is 47.4 Å².